The van der Waals surface area contributed by atoms with E-state index >= 15 is 0 Å². The molecule has 112 valence electrons. The predicted octanol–water partition coefficient (Wildman–Crippen LogP) is 1.51. The average Bonchev–Trinajstić information content (AvgIpc) is 2.97. The maximum absolute atomic E-state index is 12.9. The fraction of sp³-hybridized carbons (Fsp3) is 0.267. The van der Waals surface area contributed by atoms with Crippen LogP contribution in [0.5, 0.6) is 0 Å². The highest BCUT2D eigenvalue weighted by Gasteiger charge is 2.19. The van der Waals surface area contributed by atoms with E-state index in [0.717, 1.165) is 0 Å². The Kier molecular flexibility index (Phi) is 5.08. The molecule has 0 atom stereocenters. The maximum Gasteiger partial charge on any atom is 0.289 e. The number of carbonyl (C=O) groups excluding carboxylic acids is 1. The standard InChI is InChI=1S/C15H16FNO4/c16-12-3-1-11(2-4-12)13-5-6-14(21-13)15(20)17(7-9-18)8-10-19/h1-6,18-19H,7-10H2. The fourth-order valence-corrected chi connectivity index (χ4v) is 1.93. The summed E-state index contributed by atoms with van der Waals surface area (Å²) in [6, 6.07) is 8.87. The second kappa shape index (κ2) is 7.01. The zero-order chi connectivity index (χ0) is 15.2. The average molecular weight is 293 g/mol. The lowest BCUT2D eigenvalue weighted by molar-refractivity contribution is 0.0654. The zero-order valence-electron chi connectivity index (χ0n) is 11.3. The van der Waals surface area contributed by atoms with Gasteiger partial charge in [0, 0.05) is 18.7 Å². The number of halogens is 1. The van der Waals surface area contributed by atoms with E-state index in [2.05, 4.69) is 0 Å². The number of amides is 1. The highest BCUT2D eigenvalue weighted by Crippen LogP contribution is 2.23. The van der Waals surface area contributed by atoms with Gasteiger partial charge in [-0.25, -0.2) is 4.39 Å². The van der Waals surface area contributed by atoms with E-state index in [1.807, 2.05) is 0 Å². The summed E-state index contributed by atoms with van der Waals surface area (Å²) in [6.45, 7) is -0.160. The highest BCUT2D eigenvalue weighted by atomic mass is 19.1. The van der Waals surface area contributed by atoms with E-state index in [9.17, 15) is 9.18 Å². The first-order valence-corrected chi connectivity index (χ1v) is 6.52. The third-order valence-electron chi connectivity index (χ3n) is 2.97. The van der Waals surface area contributed by atoms with Gasteiger partial charge in [-0.05, 0) is 36.4 Å². The zero-order valence-corrected chi connectivity index (χ0v) is 11.3. The van der Waals surface area contributed by atoms with Gasteiger partial charge in [0.1, 0.15) is 11.6 Å². The molecule has 0 fully saturated rings. The lowest BCUT2D eigenvalue weighted by Crippen LogP contribution is -2.35. The van der Waals surface area contributed by atoms with Crippen molar-refractivity contribution in [1.29, 1.82) is 0 Å². The number of carbonyl (C=O) groups is 1. The van der Waals surface area contributed by atoms with Crippen molar-refractivity contribution in [3.8, 4) is 11.3 Å². The summed E-state index contributed by atoms with van der Waals surface area (Å²) in [5.41, 5.74) is 0.659. The van der Waals surface area contributed by atoms with Crippen LogP contribution < -0.4 is 0 Å². The van der Waals surface area contributed by atoms with Crippen LogP contribution in [-0.4, -0.2) is 47.3 Å². The number of rotatable bonds is 6. The number of hydrogen-bond donors (Lipinski definition) is 2. The smallest absolute Gasteiger partial charge is 0.289 e. The van der Waals surface area contributed by atoms with Crippen molar-refractivity contribution in [3.05, 3.63) is 48.0 Å². The van der Waals surface area contributed by atoms with E-state index in [4.69, 9.17) is 14.6 Å². The normalized spacial score (nSPS) is 10.6. The summed E-state index contributed by atoms with van der Waals surface area (Å²) in [7, 11) is 0. The maximum atomic E-state index is 12.9. The van der Waals surface area contributed by atoms with Crippen molar-refractivity contribution >= 4 is 5.91 Å². The lowest BCUT2D eigenvalue weighted by Gasteiger charge is -2.19. The van der Waals surface area contributed by atoms with E-state index in [1.165, 1.54) is 23.1 Å². The van der Waals surface area contributed by atoms with Crippen molar-refractivity contribution in [2.24, 2.45) is 0 Å². The minimum absolute atomic E-state index is 0.108. The predicted molar refractivity (Wildman–Crippen MR) is 74.2 cm³/mol. The molecule has 0 radical (unpaired) electrons. The van der Waals surface area contributed by atoms with Crippen LogP contribution in [0.1, 0.15) is 10.6 Å². The van der Waals surface area contributed by atoms with Gasteiger partial charge in [-0.3, -0.25) is 4.79 Å². The van der Waals surface area contributed by atoms with Gasteiger partial charge in [-0.2, -0.15) is 0 Å². The van der Waals surface area contributed by atoms with Crippen LogP contribution in [0.25, 0.3) is 11.3 Å². The van der Waals surface area contributed by atoms with Gasteiger partial charge in [0.25, 0.3) is 5.91 Å². The highest BCUT2D eigenvalue weighted by molar-refractivity contribution is 5.92. The van der Waals surface area contributed by atoms with Gasteiger partial charge >= 0.3 is 0 Å². The fourth-order valence-electron chi connectivity index (χ4n) is 1.93. The molecule has 1 heterocycles. The molecule has 1 amide bonds. The third-order valence-corrected chi connectivity index (χ3v) is 2.97. The van der Waals surface area contributed by atoms with Crippen molar-refractivity contribution in [3.63, 3.8) is 0 Å². The Hall–Kier alpha value is -2.18. The first-order valence-electron chi connectivity index (χ1n) is 6.52. The molecule has 2 N–H and O–H groups in total. The lowest BCUT2D eigenvalue weighted by atomic mass is 10.2. The van der Waals surface area contributed by atoms with Crippen molar-refractivity contribution in [2.45, 2.75) is 0 Å². The molecule has 1 aromatic heterocycles. The summed E-state index contributed by atoms with van der Waals surface area (Å²) in [5.74, 6) is -0.201. The Morgan fingerprint density at radius 3 is 2.24 bits per heavy atom. The molecular formula is C15H16FNO4. The summed E-state index contributed by atoms with van der Waals surface area (Å²) in [4.78, 5) is 13.5. The molecule has 21 heavy (non-hydrogen) atoms. The SMILES string of the molecule is O=C(c1ccc(-c2ccc(F)cc2)o1)N(CCO)CCO. The van der Waals surface area contributed by atoms with Crippen LogP contribution in [0, 0.1) is 5.82 Å². The Morgan fingerprint density at radius 2 is 1.67 bits per heavy atom. The molecule has 0 unspecified atom stereocenters. The van der Waals surface area contributed by atoms with Gasteiger partial charge < -0.3 is 19.5 Å². The molecule has 0 saturated carbocycles. The van der Waals surface area contributed by atoms with E-state index < -0.39 is 5.91 Å². The van der Waals surface area contributed by atoms with E-state index in [-0.39, 0.29) is 37.9 Å². The molecule has 0 aliphatic heterocycles. The third kappa shape index (κ3) is 3.68. The first kappa shape index (κ1) is 15.2. The van der Waals surface area contributed by atoms with Gasteiger partial charge in [-0.15, -0.1) is 0 Å². The molecule has 2 aromatic rings. The Morgan fingerprint density at radius 1 is 1.05 bits per heavy atom. The number of hydrogen-bond acceptors (Lipinski definition) is 4. The monoisotopic (exact) mass is 293 g/mol. The molecule has 0 aliphatic rings. The quantitative estimate of drug-likeness (QED) is 0.846. The van der Waals surface area contributed by atoms with E-state index in [0.29, 0.717) is 11.3 Å². The van der Waals surface area contributed by atoms with Crippen LogP contribution in [0.15, 0.2) is 40.8 Å². The number of benzene rings is 1. The molecule has 0 aliphatic carbocycles. The topological polar surface area (TPSA) is 73.9 Å². The molecular weight excluding hydrogens is 277 g/mol. The number of aliphatic hydroxyl groups excluding tert-OH is 2. The van der Waals surface area contributed by atoms with Gasteiger partial charge in [0.15, 0.2) is 5.76 Å². The Bertz CT molecular complexity index is 588. The van der Waals surface area contributed by atoms with Crippen LogP contribution >= 0.6 is 0 Å². The van der Waals surface area contributed by atoms with Crippen molar-refractivity contribution < 1.29 is 23.8 Å². The minimum atomic E-state index is -0.411. The molecule has 2 rings (SSSR count). The summed E-state index contributed by atoms with van der Waals surface area (Å²) in [6.07, 6.45) is 0. The second-order valence-corrected chi connectivity index (χ2v) is 4.41. The van der Waals surface area contributed by atoms with Crippen LogP contribution in [0.3, 0.4) is 0 Å². The molecule has 1 aromatic carbocycles. The van der Waals surface area contributed by atoms with E-state index in [1.54, 1.807) is 18.2 Å². The molecule has 6 heteroatoms. The Labute approximate surface area is 121 Å². The number of aliphatic hydroxyl groups is 2. The van der Waals surface area contributed by atoms with Crippen molar-refractivity contribution in [2.75, 3.05) is 26.3 Å². The molecule has 5 nitrogen and oxygen atoms in total. The van der Waals surface area contributed by atoms with Crippen LogP contribution in [-0.2, 0) is 0 Å². The van der Waals surface area contributed by atoms with Crippen LogP contribution in [0.2, 0.25) is 0 Å². The minimum Gasteiger partial charge on any atom is -0.451 e. The molecule has 0 bridgehead atoms. The van der Waals surface area contributed by atoms with Gasteiger partial charge in [0.2, 0.25) is 0 Å². The number of nitrogens with zero attached hydrogens (tertiary/aromatic N) is 1. The Balaban J connectivity index is 2.18. The summed E-state index contributed by atoms with van der Waals surface area (Å²) < 4.78 is 18.3. The molecule has 0 saturated heterocycles. The van der Waals surface area contributed by atoms with Gasteiger partial charge in [0.05, 0.1) is 13.2 Å². The molecule has 0 spiro atoms. The van der Waals surface area contributed by atoms with Crippen LogP contribution in [0.4, 0.5) is 4.39 Å². The van der Waals surface area contributed by atoms with Crippen molar-refractivity contribution in [1.82, 2.24) is 4.90 Å². The van der Waals surface area contributed by atoms with Gasteiger partial charge in [-0.1, -0.05) is 0 Å². The first-order chi connectivity index (χ1) is 10.2. The summed E-state index contributed by atoms with van der Waals surface area (Å²) in [5, 5.41) is 17.9. The largest absolute Gasteiger partial charge is 0.451 e. The number of furan rings is 1. The summed E-state index contributed by atoms with van der Waals surface area (Å²) >= 11 is 0. The second-order valence-electron chi connectivity index (χ2n) is 4.41.